The normalized spacial score (nSPS) is 21.7. The van der Waals surface area contributed by atoms with Gasteiger partial charge in [0.05, 0.1) is 31.1 Å². The van der Waals surface area contributed by atoms with Crippen molar-refractivity contribution in [3.05, 3.63) is 60.2 Å². The van der Waals surface area contributed by atoms with E-state index in [1.165, 1.54) is 19.2 Å². The van der Waals surface area contributed by atoms with Crippen molar-refractivity contribution in [2.75, 3.05) is 32.2 Å². The zero-order valence-corrected chi connectivity index (χ0v) is 20.7. The summed E-state index contributed by atoms with van der Waals surface area (Å²) in [5.74, 6) is 0.812. The number of hydrogen-bond acceptors (Lipinski definition) is 6. The molecule has 1 N–H and O–H groups in total. The fourth-order valence-corrected chi connectivity index (χ4v) is 5.16. The minimum Gasteiger partial charge on any atom is -0.456 e. The molecule has 1 aromatic heterocycles. The maximum atomic E-state index is 13.6. The van der Waals surface area contributed by atoms with Crippen LogP contribution < -0.4 is 15.0 Å². The van der Waals surface area contributed by atoms with Crippen molar-refractivity contribution in [3.63, 3.8) is 0 Å². The Hall–Kier alpha value is -3.43. The number of nitrogens with one attached hydrogen (secondary N) is 1. The number of aromatic nitrogens is 2. The molecule has 2 aliphatic heterocycles. The summed E-state index contributed by atoms with van der Waals surface area (Å²) in [7, 11) is 3.11. The molecule has 0 radical (unpaired) electrons. The third kappa shape index (κ3) is 4.56. The number of anilines is 1. The molecule has 0 saturated carbocycles. The Morgan fingerprint density at radius 2 is 1.94 bits per heavy atom. The molecular formula is C27H31FN4O4. The van der Waals surface area contributed by atoms with Gasteiger partial charge in [-0.05, 0) is 69.1 Å². The summed E-state index contributed by atoms with van der Waals surface area (Å²) in [6, 6.07) is 9.94. The van der Waals surface area contributed by atoms with E-state index < -0.39 is 6.09 Å². The Labute approximate surface area is 209 Å². The third-order valence-corrected chi connectivity index (χ3v) is 7.10. The summed E-state index contributed by atoms with van der Waals surface area (Å²) < 4.78 is 32.7. The summed E-state index contributed by atoms with van der Waals surface area (Å²) in [6.07, 6.45) is 5.86. The fraction of sp³-hybridized carbons (Fsp3) is 0.407. The average molecular weight is 495 g/mol. The van der Waals surface area contributed by atoms with Crippen LogP contribution in [0, 0.1) is 5.82 Å². The minimum atomic E-state index is -0.409. The number of methoxy groups -OCH3 is 2. The Morgan fingerprint density at radius 3 is 2.69 bits per heavy atom. The van der Waals surface area contributed by atoms with E-state index in [1.54, 1.807) is 24.1 Å². The van der Waals surface area contributed by atoms with E-state index >= 15 is 0 Å². The van der Waals surface area contributed by atoms with Crippen LogP contribution in [-0.2, 0) is 15.9 Å². The van der Waals surface area contributed by atoms with Gasteiger partial charge in [0.1, 0.15) is 17.3 Å². The van der Waals surface area contributed by atoms with Crippen molar-refractivity contribution in [1.29, 1.82) is 0 Å². The van der Waals surface area contributed by atoms with E-state index in [-0.39, 0.29) is 24.0 Å². The van der Waals surface area contributed by atoms with Crippen molar-refractivity contribution >= 4 is 11.8 Å². The zero-order valence-electron chi connectivity index (χ0n) is 20.7. The van der Waals surface area contributed by atoms with Gasteiger partial charge in [-0.1, -0.05) is 0 Å². The molecule has 5 rings (SSSR count). The number of halogens is 1. The number of carbonyl (C=O) groups is 1. The molecule has 36 heavy (non-hydrogen) atoms. The second-order valence-corrected chi connectivity index (χ2v) is 9.27. The molecule has 3 atom stereocenters. The summed E-state index contributed by atoms with van der Waals surface area (Å²) in [5, 5.41) is 8.04. The van der Waals surface area contributed by atoms with Gasteiger partial charge in [0, 0.05) is 42.6 Å². The first kappa shape index (κ1) is 24.3. The molecule has 8 nitrogen and oxygen atoms in total. The molecule has 3 unspecified atom stereocenters. The van der Waals surface area contributed by atoms with E-state index in [2.05, 4.69) is 10.4 Å². The van der Waals surface area contributed by atoms with Crippen LogP contribution in [0.3, 0.4) is 0 Å². The number of nitrogens with zero attached hydrogens (tertiary/aromatic N) is 3. The van der Waals surface area contributed by atoms with Crippen LogP contribution in [-0.4, -0.2) is 55.3 Å². The summed E-state index contributed by atoms with van der Waals surface area (Å²) in [4.78, 5) is 14.3. The van der Waals surface area contributed by atoms with E-state index in [1.807, 2.05) is 36.1 Å². The Morgan fingerprint density at radius 1 is 1.14 bits per heavy atom. The molecule has 9 heteroatoms. The molecule has 2 aromatic carbocycles. The van der Waals surface area contributed by atoms with Gasteiger partial charge in [0.2, 0.25) is 0 Å². The summed E-state index contributed by atoms with van der Waals surface area (Å²) in [5.41, 5.74) is 3.41. The highest BCUT2D eigenvalue weighted by Gasteiger charge is 2.33. The Kier molecular flexibility index (Phi) is 6.93. The smallest absolute Gasteiger partial charge is 0.414 e. The predicted molar refractivity (Wildman–Crippen MR) is 134 cm³/mol. The molecule has 190 valence electrons. The van der Waals surface area contributed by atoms with Crippen molar-refractivity contribution < 1.29 is 23.4 Å². The van der Waals surface area contributed by atoms with Crippen LogP contribution in [0.1, 0.15) is 31.4 Å². The molecule has 1 fully saturated rings. The van der Waals surface area contributed by atoms with Crippen LogP contribution in [0.2, 0.25) is 0 Å². The van der Waals surface area contributed by atoms with Gasteiger partial charge < -0.3 is 19.5 Å². The van der Waals surface area contributed by atoms with Gasteiger partial charge in [0.15, 0.2) is 0 Å². The molecule has 0 bridgehead atoms. The molecule has 3 aromatic rings. The second-order valence-electron chi connectivity index (χ2n) is 9.27. The van der Waals surface area contributed by atoms with Gasteiger partial charge >= 0.3 is 6.09 Å². The number of rotatable bonds is 5. The molecule has 3 heterocycles. The summed E-state index contributed by atoms with van der Waals surface area (Å²) in [6.45, 7) is 3.68. The Balaban J connectivity index is 1.59. The number of amides is 1. The first-order chi connectivity index (χ1) is 17.5. The number of piperidine rings is 1. The second kappa shape index (κ2) is 10.3. The summed E-state index contributed by atoms with van der Waals surface area (Å²) >= 11 is 0. The van der Waals surface area contributed by atoms with E-state index in [9.17, 15) is 9.18 Å². The highest BCUT2D eigenvalue weighted by Crippen LogP contribution is 2.45. The van der Waals surface area contributed by atoms with Crippen molar-refractivity contribution in [2.45, 2.75) is 44.4 Å². The molecular weight excluding hydrogens is 463 g/mol. The van der Waals surface area contributed by atoms with Crippen LogP contribution in [0.15, 0.2) is 48.8 Å². The number of hydrogen-bond donors (Lipinski definition) is 1. The van der Waals surface area contributed by atoms with Crippen LogP contribution in [0.5, 0.6) is 11.5 Å². The lowest BCUT2D eigenvalue weighted by Gasteiger charge is -2.35. The standard InChI is InChI=1S/C27H31FN4O4/c1-17-4-9-22-23(32(17)27(33)35-3)11-10-21(26(22)36-20-7-5-19(28)6-8-20)18-14-30-31(16-18)24-12-13-29-15-25(24)34-2/h5-8,10-11,14,16-17,24-25,29H,4,9,12-13,15H2,1-3H3. The lowest BCUT2D eigenvalue weighted by atomic mass is 9.92. The lowest BCUT2D eigenvalue weighted by molar-refractivity contribution is 0.0346. The number of benzene rings is 2. The van der Waals surface area contributed by atoms with Crippen LogP contribution in [0.25, 0.3) is 11.1 Å². The largest absolute Gasteiger partial charge is 0.456 e. The zero-order chi connectivity index (χ0) is 25.2. The maximum absolute atomic E-state index is 13.6. The highest BCUT2D eigenvalue weighted by molar-refractivity contribution is 5.92. The van der Waals surface area contributed by atoms with Gasteiger partial charge in [-0.3, -0.25) is 9.58 Å². The molecule has 0 aliphatic carbocycles. The Bertz CT molecular complexity index is 1230. The lowest BCUT2D eigenvalue weighted by Crippen LogP contribution is -2.42. The van der Waals surface area contributed by atoms with Crippen LogP contribution >= 0.6 is 0 Å². The highest BCUT2D eigenvalue weighted by atomic mass is 19.1. The molecule has 1 amide bonds. The van der Waals surface area contributed by atoms with Crippen LogP contribution in [0.4, 0.5) is 14.9 Å². The quantitative estimate of drug-likeness (QED) is 0.542. The molecule has 0 spiro atoms. The number of fused-ring (bicyclic) bond motifs is 1. The fourth-order valence-electron chi connectivity index (χ4n) is 5.16. The average Bonchev–Trinajstić information content (AvgIpc) is 3.39. The maximum Gasteiger partial charge on any atom is 0.414 e. The van der Waals surface area contributed by atoms with E-state index in [0.717, 1.165) is 54.7 Å². The van der Waals surface area contributed by atoms with Crippen molar-refractivity contribution in [3.8, 4) is 22.6 Å². The van der Waals surface area contributed by atoms with Crippen molar-refractivity contribution in [2.24, 2.45) is 0 Å². The first-order valence-corrected chi connectivity index (χ1v) is 12.2. The number of ether oxygens (including phenoxy) is 3. The third-order valence-electron chi connectivity index (χ3n) is 7.10. The first-order valence-electron chi connectivity index (χ1n) is 12.2. The van der Waals surface area contributed by atoms with Gasteiger partial charge in [-0.2, -0.15) is 5.10 Å². The van der Waals surface area contributed by atoms with Gasteiger partial charge in [-0.25, -0.2) is 9.18 Å². The van der Waals surface area contributed by atoms with E-state index in [0.29, 0.717) is 11.5 Å². The predicted octanol–water partition coefficient (Wildman–Crippen LogP) is 4.94. The molecule has 2 aliphatic rings. The molecule has 1 saturated heterocycles. The minimum absolute atomic E-state index is 0.0110. The van der Waals surface area contributed by atoms with E-state index in [4.69, 9.17) is 14.2 Å². The topological polar surface area (TPSA) is 77.9 Å². The monoisotopic (exact) mass is 494 g/mol. The SMILES string of the molecule is COC(=O)N1c2ccc(-c3cnn(C4CCNCC4OC)c3)c(Oc3ccc(F)cc3)c2CCC1C. The number of carbonyl (C=O) groups excluding carboxylic acids is 1. The van der Waals surface area contributed by atoms with Gasteiger partial charge in [0.25, 0.3) is 0 Å². The van der Waals surface area contributed by atoms with Gasteiger partial charge in [-0.15, -0.1) is 0 Å². The van der Waals surface area contributed by atoms with Crippen molar-refractivity contribution in [1.82, 2.24) is 15.1 Å².